The van der Waals surface area contributed by atoms with Crippen molar-refractivity contribution < 1.29 is 18.3 Å². The molecule has 1 aliphatic heterocycles. The standard InChI is InChI=1S/C15H20ClNO4S/c1-15(2)8-11(7-14(18)19)9-17(15)22(20,21)10-12-5-3-4-6-13(12)16/h3-6,11H,7-10H2,1-2H3,(H,18,19). The second-order valence-electron chi connectivity index (χ2n) is 6.36. The molecule has 0 spiro atoms. The summed E-state index contributed by atoms with van der Waals surface area (Å²) in [5, 5.41) is 9.34. The number of rotatable bonds is 5. The van der Waals surface area contributed by atoms with Crippen LogP contribution in [0.25, 0.3) is 0 Å². The van der Waals surface area contributed by atoms with E-state index in [4.69, 9.17) is 16.7 Å². The first-order chi connectivity index (χ1) is 10.1. The van der Waals surface area contributed by atoms with Crippen LogP contribution in [0.2, 0.25) is 5.02 Å². The van der Waals surface area contributed by atoms with Gasteiger partial charge in [0.2, 0.25) is 10.0 Å². The molecule has 1 atom stereocenters. The molecule has 7 heteroatoms. The summed E-state index contributed by atoms with van der Waals surface area (Å²) in [6.07, 6.45) is 0.530. The van der Waals surface area contributed by atoms with Crippen molar-refractivity contribution in [3.05, 3.63) is 34.9 Å². The van der Waals surface area contributed by atoms with Gasteiger partial charge in [0, 0.05) is 23.5 Å². The van der Waals surface area contributed by atoms with Crippen LogP contribution < -0.4 is 0 Å². The van der Waals surface area contributed by atoms with Gasteiger partial charge in [0.15, 0.2) is 0 Å². The minimum absolute atomic E-state index is 0.0124. The van der Waals surface area contributed by atoms with Crippen LogP contribution in [-0.2, 0) is 20.6 Å². The zero-order valence-corrected chi connectivity index (χ0v) is 14.2. The van der Waals surface area contributed by atoms with E-state index in [1.54, 1.807) is 24.3 Å². The molecule has 0 saturated carbocycles. The van der Waals surface area contributed by atoms with E-state index in [9.17, 15) is 13.2 Å². The molecule has 1 N–H and O–H groups in total. The van der Waals surface area contributed by atoms with Crippen molar-refractivity contribution in [2.24, 2.45) is 5.92 Å². The van der Waals surface area contributed by atoms with Gasteiger partial charge in [-0.2, -0.15) is 4.31 Å². The highest BCUT2D eigenvalue weighted by Gasteiger charge is 2.45. The lowest BCUT2D eigenvalue weighted by Gasteiger charge is -2.30. The summed E-state index contributed by atoms with van der Waals surface area (Å²) in [4.78, 5) is 10.9. The van der Waals surface area contributed by atoms with E-state index in [-0.39, 0.29) is 24.6 Å². The van der Waals surface area contributed by atoms with E-state index < -0.39 is 21.5 Å². The Kier molecular flexibility index (Phi) is 4.84. The molecule has 5 nitrogen and oxygen atoms in total. The van der Waals surface area contributed by atoms with Gasteiger partial charge in [-0.1, -0.05) is 29.8 Å². The van der Waals surface area contributed by atoms with Gasteiger partial charge in [0.1, 0.15) is 0 Å². The summed E-state index contributed by atoms with van der Waals surface area (Å²) in [6, 6.07) is 6.85. The highest BCUT2D eigenvalue weighted by molar-refractivity contribution is 7.88. The maximum Gasteiger partial charge on any atom is 0.303 e. The van der Waals surface area contributed by atoms with Gasteiger partial charge < -0.3 is 5.11 Å². The maximum absolute atomic E-state index is 12.7. The van der Waals surface area contributed by atoms with Gasteiger partial charge in [0.05, 0.1) is 5.75 Å². The van der Waals surface area contributed by atoms with Crippen molar-refractivity contribution in [2.75, 3.05) is 6.54 Å². The topological polar surface area (TPSA) is 74.7 Å². The van der Waals surface area contributed by atoms with Crippen LogP contribution in [0.1, 0.15) is 32.3 Å². The number of halogens is 1. The molecule has 1 unspecified atom stereocenters. The number of hydrogen-bond acceptors (Lipinski definition) is 3. The Hall–Kier alpha value is -1.11. The predicted octanol–water partition coefficient (Wildman–Crippen LogP) is 2.75. The monoisotopic (exact) mass is 345 g/mol. The van der Waals surface area contributed by atoms with Gasteiger partial charge in [-0.05, 0) is 37.8 Å². The number of sulfonamides is 1. The molecule has 122 valence electrons. The van der Waals surface area contributed by atoms with Gasteiger partial charge in [-0.25, -0.2) is 8.42 Å². The third-order valence-electron chi connectivity index (χ3n) is 3.98. The molecule has 1 aromatic rings. The normalized spacial score (nSPS) is 21.9. The van der Waals surface area contributed by atoms with E-state index in [1.165, 1.54) is 4.31 Å². The van der Waals surface area contributed by atoms with Crippen LogP contribution in [0.4, 0.5) is 0 Å². The fourth-order valence-corrected chi connectivity index (χ4v) is 5.47. The fourth-order valence-electron chi connectivity index (χ4n) is 3.12. The lowest BCUT2D eigenvalue weighted by Crippen LogP contribution is -2.43. The minimum atomic E-state index is -3.56. The Morgan fingerprint density at radius 3 is 2.64 bits per heavy atom. The first-order valence-electron chi connectivity index (χ1n) is 7.07. The van der Waals surface area contributed by atoms with Gasteiger partial charge in [0.25, 0.3) is 0 Å². The number of carbonyl (C=O) groups is 1. The summed E-state index contributed by atoms with van der Waals surface area (Å²) in [5.41, 5.74) is -0.0260. The summed E-state index contributed by atoms with van der Waals surface area (Å²) in [6.45, 7) is 3.91. The second kappa shape index (κ2) is 6.18. The SMILES string of the molecule is CC1(C)CC(CC(=O)O)CN1S(=O)(=O)Cc1ccccc1Cl. The molecule has 0 radical (unpaired) electrons. The number of aliphatic carboxylic acids is 1. The zero-order chi connectivity index (χ0) is 16.5. The number of hydrogen-bond donors (Lipinski definition) is 1. The Morgan fingerprint density at radius 2 is 2.05 bits per heavy atom. The molecule has 0 aromatic heterocycles. The molecule has 0 amide bonds. The van der Waals surface area contributed by atoms with E-state index in [2.05, 4.69) is 0 Å². The van der Waals surface area contributed by atoms with Crippen LogP contribution in [0, 0.1) is 5.92 Å². The van der Waals surface area contributed by atoms with Gasteiger partial charge in [-0.3, -0.25) is 4.79 Å². The number of nitrogens with zero attached hydrogens (tertiary/aromatic N) is 1. The number of carboxylic acids is 1. The minimum Gasteiger partial charge on any atom is -0.481 e. The first-order valence-corrected chi connectivity index (χ1v) is 9.06. The van der Waals surface area contributed by atoms with Crippen molar-refractivity contribution in [3.63, 3.8) is 0 Å². The van der Waals surface area contributed by atoms with Crippen LogP contribution in [0.3, 0.4) is 0 Å². The van der Waals surface area contributed by atoms with Crippen LogP contribution in [0.15, 0.2) is 24.3 Å². The van der Waals surface area contributed by atoms with E-state index in [1.807, 2.05) is 13.8 Å². The van der Waals surface area contributed by atoms with Crippen LogP contribution in [-0.4, -0.2) is 35.9 Å². The summed E-state index contributed by atoms with van der Waals surface area (Å²) >= 11 is 6.04. The summed E-state index contributed by atoms with van der Waals surface area (Å²) < 4.78 is 26.9. The quantitative estimate of drug-likeness (QED) is 0.890. The lowest BCUT2D eigenvalue weighted by atomic mass is 9.95. The van der Waals surface area contributed by atoms with Crippen molar-refractivity contribution in [2.45, 2.75) is 38.0 Å². The molecule has 1 saturated heterocycles. The van der Waals surface area contributed by atoms with E-state index in [0.29, 0.717) is 17.0 Å². The van der Waals surface area contributed by atoms with E-state index >= 15 is 0 Å². The molecule has 1 aromatic carbocycles. The van der Waals surface area contributed by atoms with Gasteiger partial charge >= 0.3 is 5.97 Å². The molecule has 1 aliphatic rings. The second-order valence-corrected chi connectivity index (χ2v) is 8.66. The van der Waals surface area contributed by atoms with Gasteiger partial charge in [-0.15, -0.1) is 0 Å². The van der Waals surface area contributed by atoms with Crippen molar-refractivity contribution in [1.82, 2.24) is 4.31 Å². The third-order valence-corrected chi connectivity index (χ3v) is 6.34. The summed E-state index contributed by atoms with van der Waals surface area (Å²) in [5.74, 6) is -1.23. The molecule has 0 bridgehead atoms. The number of carboxylic acid groups (broad SMARTS) is 1. The summed E-state index contributed by atoms with van der Waals surface area (Å²) in [7, 11) is -3.56. The van der Waals surface area contributed by atoms with Crippen molar-refractivity contribution in [1.29, 1.82) is 0 Å². The first kappa shape index (κ1) is 17.2. The molecular formula is C15H20ClNO4S. The lowest BCUT2D eigenvalue weighted by molar-refractivity contribution is -0.138. The molecule has 22 heavy (non-hydrogen) atoms. The van der Waals surface area contributed by atoms with Crippen LogP contribution >= 0.6 is 11.6 Å². The van der Waals surface area contributed by atoms with Crippen molar-refractivity contribution in [3.8, 4) is 0 Å². The average Bonchev–Trinajstić information content (AvgIpc) is 2.66. The molecule has 1 heterocycles. The Bertz CT molecular complexity index is 672. The fraction of sp³-hybridized carbons (Fsp3) is 0.533. The molecular weight excluding hydrogens is 326 g/mol. The maximum atomic E-state index is 12.7. The van der Waals surface area contributed by atoms with E-state index in [0.717, 1.165) is 0 Å². The predicted molar refractivity (Wildman–Crippen MR) is 85.2 cm³/mol. The van der Waals surface area contributed by atoms with Crippen molar-refractivity contribution >= 4 is 27.6 Å². The van der Waals surface area contributed by atoms with Crippen LogP contribution in [0.5, 0.6) is 0 Å². The highest BCUT2D eigenvalue weighted by Crippen LogP contribution is 2.37. The largest absolute Gasteiger partial charge is 0.481 e. The smallest absolute Gasteiger partial charge is 0.303 e. The average molecular weight is 346 g/mol. The Morgan fingerprint density at radius 1 is 1.41 bits per heavy atom. The molecule has 2 rings (SSSR count). The zero-order valence-electron chi connectivity index (χ0n) is 12.6. The number of benzene rings is 1. The Balaban J connectivity index is 2.22. The molecule has 0 aliphatic carbocycles. The Labute approximate surface area is 135 Å². The molecule has 1 fully saturated rings. The highest BCUT2D eigenvalue weighted by atomic mass is 35.5. The third kappa shape index (κ3) is 3.80.